The van der Waals surface area contributed by atoms with Gasteiger partial charge in [0.2, 0.25) is 5.78 Å². The molecule has 0 radical (unpaired) electrons. The Morgan fingerprint density at radius 1 is 0.810 bits per heavy atom. The van der Waals surface area contributed by atoms with Gasteiger partial charge in [-0.2, -0.15) is 4.36 Å². The lowest BCUT2D eigenvalue weighted by molar-refractivity contribution is -0.134. The quantitative estimate of drug-likeness (QED) is 0.0493. The first-order valence-corrected chi connectivity index (χ1v) is 22.1. The number of nitrogens with one attached hydrogen (secondary N) is 1. The van der Waals surface area contributed by atoms with E-state index in [1.165, 1.54) is 50.9 Å². The summed E-state index contributed by atoms with van der Waals surface area (Å²) in [7, 11) is 0. The van der Waals surface area contributed by atoms with Crippen LogP contribution in [0.1, 0.15) is 58.2 Å². The van der Waals surface area contributed by atoms with Crippen molar-refractivity contribution in [3.8, 4) is 23.0 Å². The smallest absolute Gasteiger partial charge is 0.300 e. The van der Waals surface area contributed by atoms with Crippen LogP contribution in [0.2, 0.25) is 0 Å². The summed E-state index contributed by atoms with van der Waals surface area (Å²) in [6, 6.07) is 22.0. The molecule has 0 unspecified atom stereocenters. The molecule has 0 spiro atoms. The fraction of sp³-hybridized carbons (Fsp3) is 0.318. The van der Waals surface area contributed by atoms with Gasteiger partial charge in [0.1, 0.15) is 35.4 Å². The Morgan fingerprint density at radius 2 is 1.27 bits per heavy atom. The number of ether oxygens (including phenoxy) is 2. The number of hydrogen-bond donors (Lipinski definition) is 5. The SMILES string of the molecule is CC(=O)O.Nc1nc(Nc2ccc(OCCN3CCCC3)cc2)sc1C(=O)c1ccc(O)c(F)c1.O=C(CBr)c1ccc(O)c(F)c1.S=Nc1ccc(OCCN2CCCC2)cc1. The molecule has 5 aromatic rings. The number of aliphatic carboxylic acids is 1. The Balaban J connectivity index is 0.000000226. The Bertz CT molecular complexity index is 2250. The van der Waals surface area contributed by atoms with Gasteiger partial charge in [0.15, 0.2) is 34.0 Å². The highest BCUT2D eigenvalue weighted by atomic mass is 79.9. The molecule has 6 N–H and O–H groups in total. The number of aromatic nitrogens is 1. The van der Waals surface area contributed by atoms with Crippen molar-refractivity contribution < 1.29 is 48.0 Å². The zero-order valence-electron chi connectivity index (χ0n) is 34.5. The number of phenols is 2. The number of likely N-dealkylation sites (tertiary alicyclic amines) is 2. The van der Waals surface area contributed by atoms with Gasteiger partial charge in [-0.15, -0.1) is 0 Å². The second kappa shape index (κ2) is 26.1. The molecule has 7 rings (SSSR count). The standard InChI is InChI=1S/C22H23FN4O3S.C12H16N2OS.C8H6BrFO2.C2H4O2/c23-17-13-14(3-8-18(17)28)19(29)20-21(24)26-22(31-20)25-15-4-6-16(7-5-15)30-12-11-27-9-1-2-10-27;16-13-11-3-5-12(6-4-11)15-10-9-14-7-1-2-8-14;9-4-8(12)5-1-2-7(11)6(10)3-5;1-2(3)4/h3-8,13,28H,1-2,9-12,24H2,(H,25,26);3-6H,1-2,7-10H2;1-3,11H,4H2;1H3,(H,3,4). The number of nitrogens with two attached hydrogens (primary N) is 1. The van der Waals surface area contributed by atoms with Crippen LogP contribution < -0.4 is 20.5 Å². The van der Waals surface area contributed by atoms with Crippen molar-refractivity contribution in [2.24, 2.45) is 4.36 Å². The highest BCUT2D eigenvalue weighted by molar-refractivity contribution is 9.09. The summed E-state index contributed by atoms with van der Waals surface area (Å²) < 4.78 is 41.3. The number of anilines is 3. The lowest BCUT2D eigenvalue weighted by Gasteiger charge is -2.15. The Labute approximate surface area is 382 Å². The van der Waals surface area contributed by atoms with Crippen molar-refractivity contribution in [1.29, 1.82) is 0 Å². The maximum atomic E-state index is 13.6. The third kappa shape index (κ3) is 17.2. The molecule has 0 bridgehead atoms. The molecular weight excluding hydrogens is 923 g/mol. The second-order valence-corrected chi connectivity index (χ2v) is 15.7. The number of Topliss-reactive ketones (excluding diaryl/α,β-unsaturated/α-hetero) is 1. The number of aromatic hydroxyl groups is 2. The monoisotopic (exact) mass is 970 g/mol. The summed E-state index contributed by atoms with van der Waals surface area (Å²) in [6.07, 6.45) is 5.19. The van der Waals surface area contributed by atoms with Gasteiger partial charge in [-0.25, -0.2) is 13.8 Å². The molecule has 1 aromatic heterocycles. The maximum absolute atomic E-state index is 13.6. The average molecular weight is 972 g/mol. The van der Waals surface area contributed by atoms with Crippen LogP contribution in [0.4, 0.5) is 31.1 Å². The molecule has 0 saturated carbocycles. The van der Waals surface area contributed by atoms with Crippen LogP contribution in [0.5, 0.6) is 23.0 Å². The van der Waals surface area contributed by atoms with E-state index in [2.05, 4.69) is 52.8 Å². The average Bonchev–Trinajstić information content (AvgIpc) is 4.07. The number of carbonyl (C=O) groups is 3. The molecular formula is C44H49BrF2N6O8S2. The van der Waals surface area contributed by atoms with Gasteiger partial charge in [-0.1, -0.05) is 27.3 Å². The van der Waals surface area contributed by atoms with E-state index >= 15 is 0 Å². The van der Waals surface area contributed by atoms with Gasteiger partial charge >= 0.3 is 0 Å². The minimum absolute atomic E-state index is 0.0628. The van der Waals surface area contributed by atoms with Crippen LogP contribution in [-0.2, 0) is 17.2 Å². The number of halogens is 3. The minimum Gasteiger partial charge on any atom is -0.505 e. The number of rotatable bonds is 15. The van der Waals surface area contributed by atoms with E-state index in [1.54, 1.807) is 0 Å². The van der Waals surface area contributed by atoms with Gasteiger partial charge in [0.25, 0.3) is 5.97 Å². The van der Waals surface area contributed by atoms with Crippen LogP contribution in [-0.4, -0.2) is 105 Å². The first-order valence-electron chi connectivity index (χ1n) is 19.8. The number of carboxylic acids is 1. The van der Waals surface area contributed by atoms with E-state index in [9.17, 15) is 23.5 Å². The number of hydrogen-bond acceptors (Lipinski definition) is 15. The number of phenolic OH excluding ortho intramolecular Hbond substituents is 2. The fourth-order valence-electron chi connectivity index (χ4n) is 6.04. The molecule has 2 aliphatic rings. The van der Waals surface area contributed by atoms with Crippen molar-refractivity contribution >= 4 is 79.6 Å². The Hall–Kier alpha value is -5.60. The number of thiazole rings is 1. The first kappa shape index (κ1) is 50.0. The molecule has 3 heterocycles. The Kier molecular flexibility index (Phi) is 20.8. The number of ketones is 2. The molecule has 2 fully saturated rings. The topological polar surface area (TPSA) is 200 Å². The molecule has 14 nitrogen and oxygen atoms in total. The molecule has 0 amide bonds. The summed E-state index contributed by atoms with van der Waals surface area (Å²) >= 11 is 8.64. The Morgan fingerprint density at radius 3 is 1.73 bits per heavy atom. The summed E-state index contributed by atoms with van der Waals surface area (Å²) in [5, 5.41) is 29.2. The molecule has 336 valence electrons. The van der Waals surface area contributed by atoms with Crippen LogP contribution in [0.25, 0.3) is 0 Å². The summed E-state index contributed by atoms with van der Waals surface area (Å²) in [5.41, 5.74) is 7.83. The number of alkyl halides is 1. The predicted molar refractivity (Wildman–Crippen MR) is 245 cm³/mol. The maximum Gasteiger partial charge on any atom is 0.300 e. The van der Waals surface area contributed by atoms with Gasteiger partial charge in [0.05, 0.1) is 11.0 Å². The van der Waals surface area contributed by atoms with Gasteiger partial charge in [-0.05, 0) is 137 Å². The summed E-state index contributed by atoms with van der Waals surface area (Å²) in [5.74, 6) is -2.36. The molecule has 0 aliphatic carbocycles. The van der Waals surface area contributed by atoms with Crippen LogP contribution in [0, 0.1) is 11.6 Å². The van der Waals surface area contributed by atoms with E-state index in [0.29, 0.717) is 11.7 Å². The number of carboxylic acid groups (broad SMARTS) is 1. The number of nitrogens with zero attached hydrogens (tertiary/aromatic N) is 4. The zero-order chi connectivity index (χ0) is 45.7. The molecule has 4 aromatic carbocycles. The van der Waals surface area contributed by atoms with Crippen molar-refractivity contribution in [3.05, 3.63) is 113 Å². The first-order chi connectivity index (χ1) is 30.3. The van der Waals surface area contributed by atoms with Crippen molar-refractivity contribution in [2.75, 3.05) is 68.9 Å². The summed E-state index contributed by atoms with van der Waals surface area (Å²) in [4.78, 5) is 41.8. The van der Waals surface area contributed by atoms with Crippen molar-refractivity contribution in [2.45, 2.75) is 32.6 Å². The third-order valence-electron chi connectivity index (χ3n) is 9.26. The van der Waals surface area contributed by atoms with Crippen molar-refractivity contribution in [3.63, 3.8) is 0 Å². The van der Waals surface area contributed by atoms with Gasteiger partial charge < -0.3 is 35.8 Å². The number of carbonyl (C=O) groups excluding carboxylic acids is 2. The molecule has 2 saturated heterocycles. The van der Waals surface area contributed by atoms with Crippen LogP contribution in [0.3, 0.4) is 0 Å². The predicted octanol–water partition coefficient (Wildman–Crippen LogP) is 8.74. The van der Waals surface area contributed by atoms with E-state index in [1.807, 2.05) is 48.5 Å². The van der Waals surface area contributed by atoms with Gasteiger partial charge in [-0.3, -0.25) is 24.2 Å². The molecule has 0 atom stereocenters. The van der Waals surface area contributed by atoms with E-state index < -0.39 is 34.9 Å². The number of benzene rings is 4. The van der Waals surface area contributed by atoms with Crippen LogP contribution in [0.15, 0.2) is 89.3 Å². The lowest BCUT2D eigenvalue weighted by Crippen LogP contribution is -2.25. The van der Waals surface area contributed by atoms with E-state index in [4.69, 9.17) is 30.2 Å². The van der Waals surface area contributed by atoms with Crippen LogP contribution >= 0.6 is 27.3 Å². The lowest BCUT2D eigenvalue weighted by atomic mass is 10.1. The van der Waals surface area contributed by atoms with E-state index in [0.717, 1.165) is 98.2 Å². The third-order valence-corrected chi connectivity index (χ3v) is 11.0. The van der Waals surface area contributed by atoms with E-state index in [-0.39, 0.29) is 32.9 Å². The van der Waals surface area contributed by atoms with Crippen molar-refractivity contribution in [1.82, 2.24) is 14.8 Å². The molecule has 63 heavy (non-hydrogen) atoms. The number of nitrogen functional groups attached to an aromatic ring is 1. The summed E-state index contributed by atoms with van der Waals surface area (Å²) in [6.45, 7) is 9.18. The zero-order valence-corrected chi connectivity index (χ0v) is 37.7. The molecule has 19 heteroatoms. The minimum atomic E-state index is -0.866. The highest BCUT2D eigenvalue weighted by Gasteiger charge is 2.20. The highest BCUT2D eigenvalue weighted by Crippen LogP contribution is 2.31. The van der Waals surface area contributed by atoms with Gasteiger partial charge in [0, 0.05) is 49.3 Å². The largest absolute Gasteiger partial charge is 0.505 e. The molecule has 2 aliphatic heterocycles. The normalized spacial score (nSPS) is 13.3. The second-order valence-electron chi connectivity index (χ2n) is 14.0. The fourth-order valence-corrected chi connectivity index (χ4v) is 7.36.